The van der Waals surface area contributed by atoms with Gasteiger partial charge in [-0.3, -0.25) is 0 Å². The van der Waals surface area contributed by atoms with E-state index in [2.05, 4.69) is 15.9 Å². The predicted molar refractivity (Wildman–Crippen MR) is 80.4 cm³/mol. The Morgan fingerprint density at radius 3 is 2.65 bits per heavy atom. The van der Waals surface area contributed by atoms with Crippen molar-refractivity contribution in [3.8, 4) is 0 Å². The lowest BCUT2D eigenvalue weighted by molar-refractivity contribution is 0.0471. The van der Waals surface area contributed by atoms with Crippen LogP contribution in [-0.4, -0.2) is 13.1 Å². The molecule has 0 radical (unpaired) electrons. The molecule has 0 aromatic heterocycles. The van der Waals surface area contributed by atoms with Crippen LogP contribution in [0.15, 0.2) is 53.0 Å². The summed E-state index contributed by atoms with van der Waals surface area (Å²) in [5, 5.41) is 0. The summed E-state index contributed by atoms with van der Waals surface area (Å²) in [6, 6.07) is 14.9. The standard InChI is InChI=1S/C16H15BrO3/c1-19-10-12-5-4-7-13(9-12)16(18)20-11-14-6-2-3-8-15(14)17/h2-9H,10-11H2,1H3. The quantitative estimate of drug-likeness (QED) is 0.776. The minimum atomic E-state index is -0.335. The van der Waals surface area contributed by atoms with Crippen LogP contribution in [0.5, 0.6) is 0 Å². The summed E-state index contributed by atoms with van der Waals surface area (Å²) in [5.74, 6) is -0.335. The number of ether oxygens (including phenoxy) is 2. The minimum Gasteiger partial charge on any atom is -0.457 e. The van der Waals surface area contributed by atoms with Gasteiger partial charge in [0.05, 0.1) is 12.2 Å². The van der Waals surface area contributed by atoms with Crippen molar-refractivity contribution in [3.63, 3.8) is 0 Å². The number of hydrogen-bond donors (Lipinski definition) is 0. The van der Waals surface area contributed by atoms with Crippen LogP contribution in [0, 0.1) is 0 Å². The molecule has 0 saturated heterocycles. The summed E-state index contributed by atoms with van der Waals surface area (Å²) in [4.78, 5) is 12.0. The number of benzene rings is 2. The Bertz CT molecular complexity index is 596. The van der Waals surface area contributed by atoms with E-state index in [1.165, 1.54) is 0 Å². The van der Waals surface area contributed by atoms with Gasteiger partial charge in [0.2, 0.25) is 0 Å². The molecular weight excluding hydrogens is 320 g/mol. The Kier molecular flexibility index (Phi) is 5.32. The average molecular weight is 335 g/mol. The number of rotatable bonds is 5. The molecule has 20 heavy (non-hydrogen) atoms. The third kappa shape index (κ3) is 3.92. The molecule has 0 bridgehead atoms. The van der Waals surface area contributed by atoms with Gasteiger partial charge in [-0.1, -0.05) is 46.3 Å². The third-order valence-corrected chi connectivity index (χ3v) is 3.56. The normalized spacial score (nSPS) is 10.3. The molecule has 2 aromatic rings. The molecule has 0 atom stereocenters. The fourth-order valence-electron chi connectivity index (χ4n) is 1.80. The van der Waals surface area contributed by atoms with Crippen LogP contribution in [0.2, 0.25) is 0 Å². The van der Waals surface area contributed by atoms with Crippen molar-refractivity contribution in [2.24, 2.45) is 0 Å². The topological polar surface area (TPSA) is 35.5 Å². The Morgan fingerprint density at radius 2 is 1.90 bits per heavy atom. The van der Waals surface area contributed by atoms with E-state index in [1.54, 1.807) is 19.2 Å². The number of carbonyl (C=O) groups is 1. The fraction of sp³-hybridized carbons (Fsp3) is 0.188. The Balaban J connectivity index is 2.01. The third-order valence-electron chi connectivity index (χ3n) is 2.79. The van der Waals surface area contributed by atoms with E-state index in [9.17, 15) is 4.79 Å². The monoisotopic (exact) mass is 334 g/mol. The van der Waals surface area contributed by atoms with E-state index >= 15 is 0 Å². The molecule has 0 heterocycles. The first-order valence-electron chi connectivity index (χ1n) is 6.19. The van der Waals surface area contributed by atoms with Crippen LogP contribution in [0.4, 0.5) is 0 Å². The molecule has 0 amide bonds. The SMILES string of the molecule is COCc1cccc(C(=O)OCc2ccccc2Br)c1. The highest BCUT2D eigenvalue weighted by Crippen LogP contribution is 2.17. The highest BCUT2D eigenvalue weighted by atomic mass is 79.9. The molecule has 0 N–H and O–H groups in total. The first kappa shape index (κ1) is 14.8. The van der Waals surface area contributed by atoms with Crippen molar-refractivity contribution in [1.29, 1.82) is 0 Å². The van der Waals surface area contributed by atoms with Gasteiger partial charge in [-0.15, -0.1) is 0 Å². The van der Waals surface area contributed by atoms with E-state index in [1.807, 2.05) is 36.4 Å². The maximum absolute atomic E-state index is 12.0. The van der Waals surface area contributed by atoms with Crippen LogP contribution in [0.1, 0.15) is 21.5 Å². The zero-order chi connectivity index (χ0) is 14.4. The lowest BCUT2D eigenvalue weighted by atomic mass is 10.1. The second-order valence-corrected chi connectivity index (χ2v) is 5.16. The molecule has 0 aliphatic carbocycles. The molecule has 0 spiro atoms. The number of halogens is 1. The molecule has 0 aliphatic heterocycles. The van der Waals surface area contributed by atoms with Crippen molar-refractivity contribution in [3.05, 3.63) is 69.7 Å². The summed E-state index contributed by atoms with van der Waals surface area (Å²) < 4.78 is 11.3. The first-order valence-corrected chi connectivity index (χ1v) is 6.98. The summed E-state index contributed by atoms with van der Waals surface area (Å²) in [6.07, 6.45) is 0. The van der Waals surface area contributed by atoms with Crippen molar-refractivity contribution >= 4 is 21.9 Å². The van der Waals surface area contributed by atoms with Gasteiger partial charge in [-0.2, -0.15) is 0 Å². The minimum absolute atomic E-state index is 0.245. The van der Waals surface area contributed by atoms with Crippen molar-refractivity contribution in [2.75, 3.05) is 7.11 Å². The maximum Gasteiger partial charge on any atom is 0.338 e. The van der Waals surface area contributed by atoms with Crippen LogP contribution in [0.3, 0.4) is 0 Å². The molecule has 0 saturated carbocycles. The summed E-state index contributed by atoms with van der Waals surface area (Å²) in [6.45, 7) is 0.722. The van der Waals surface area contributed by atoms with Gasteiger partial charge in [-0.25, -0.2) is 4.79 Å². The Labute approximate surface area is 126 Å². The van der Waals surface area contributed by atoms with Crippen LogP contribution in [0.25, 0.3) is 0 Å². The van der Waals surface area contributed by atoms with Gasteiger partial charge < -0.3 is 9.47 Å². The zero-order valence-electron chi connectivity index (χ0n) is 11.1. The molecule has 3 nitrogen and oxygen atoms in total. The smallest absolute Gasteiger partial charge is 0.338 e. The molecule has 2 rings (SSSR count). The Morgan fingerprint density at radius 1 is 1.10 bits per heavy atom. The largest absolute Gasteiger partial charge is 0.457 e. The summed E-state index contributed by atoms with van der Waals surface area (Å²) in [5.41, 5.74) is 2.42. The fourth-order valence-corrected chi connectivity index (χ4v) is 2.20. The molecule has 0 fully saturated rings. The van der Waals surface area contributed by atoms with Crippen molar-refractivity contribution < 1.29 is 14.3 Å². The zero-order valence-corrected chi connectivity index (χ0v) is 12.7. The van der Waals surface area contributed by atoms with Gasteiger partial charge >= 0.3 is 5.97 Å². The maximum atomic E-state index is 12.0. The van der Waals surface area contributed by atoms with E-state index < -0.39 is 0 Å². The van der Waals surface area contributed by atoms with Crippen LogP contribution >= 0.6 is 15.9 Å². The van der Waals surface area contributed by atoms with Gasteiger partial charge in [0, 0.05) is 17.1 Å². The van der Waals surface area contributed by atoms with Crippen molar-refractivity contribution in [1.82, 2.24) is 0 Å². The highest BCUT2D eigenvalue weighted by molar-refractivity contribution is 9.10. The van der Waals surface area contributed by atoms with Crippen molar-refractivity contribution in [2.45, 2.75) is 13.2 Å². The van der Waals surface area contributed by atoms with Gasteiger partial charge in [0.15, 0.2) is 0 Å². The molecule has 0 unspecified atom stereocenters. The number of esters is 1. The first-order chi connectivity index (χ1) is 9.70. The van der Waals surface area contributed by atoms with E-state index in [0.29, 0.717) is 12.2 Å². The summed E-state index contributed by atoms with van der Waals surface area (Å²) >= 11 is 3.43. The molecule has 2 aromatic carbocycles. The van der Waals surface area contributed by atoms with Gasteiger partial charge in [-0.05, 0) is 23.8 Å². The molecule has 104 valence electrons. The van der Waals surface area contributed by atoms with Gasteiger partial charge in [0.1, 0.15) is 6.61 Å². The predicted octanol–water partition coefficient (Wildman–Crippen LogP) is 3.95. The molecule has 4 heteroatoms. The number of methoxy groups -OCH3 is 1. The van der Waals surface area contributed by atoms with E-state index in [0.717, 1.165) is 15.6 Å². The lowest BCUT2D eigenvalue weighted by Crippen LogP contribution is -2.06. The van der Waals surface area contributed by atoms with E-state index in [-0.39, 0.29) is 12.6 Å². The molecular formula is C16H15BrO3. The average Bonchev–Trinajstić information content (AvgIpc) is 2.47. The summed E-state index contributed by atoms with van der Waals surface area (Å²) in [7, 11) is 1.62. The second kappa shape index (κ2) is 7.22. The second-order valence-electron chi connectivity index (χ2n) is 4.30. The lowest BCUT2D eigenvalue weighted by Gasteiger charge is -2.07. The molecule has 0 aliphatic rings. The van der Waals surface area contributed by atoms with Gasteiger partial charge in [0.25, 0.3) is 0 Å². The van der Waals surface area contributed by atoms with Crippen LogP contribution < -0.4 is 0 Å². The Hall–Kier alpha value is -1.65. The van der Waals surface area contributed by atoms with Crippen LogP contribution in [-0.2, 0) is 22.7 Å². The number of carbonyl (C=O) groups excluding carboxylic acids is 1. The van der Waals surface area contributed by atoms with E-state index in [4.69, 9.17) is 9.47 Å². The number of hydrogen-bond acceptors (Lipinski definition) is 3. The highest BCUT2D eigenvalue weighted by Gasteiger charge is 2.09.